The van der Waals surface area contributed by atoms with Crippen molar-refractivity contribution in [1.29, 1.82) is 0 Å². The zero-order chi connectivity index (χ0) is 12.7. The van der Waals surface area contributed by atoms with E-state index < -0.39 is 0 Å². The fraction of sp³-hybridized carbons (Fsp3) is 0.538. The maximum absolute atomic E-state index is 6.31. The Balaban J connectivity index is 2.98. The zero-order valence-electron chi connectivity index (χ0n) is 10.8. The van der Waals surface area contributed by atoms with Crippen LogP contribution in [-0.2, 0) is 11.3 Å². The normalized spacial score (nSPS) is 10.6. The lowest BCUT2D eigenvalue weighted by atomic mass is 10.1. The van der Waals surface area contributed by atoms with Crippen molar-refractivity contribution in [2.45, 2.75) is 13.5 Å². The van der Waals surface area contributed by atoms with Crippen LogP contribution >= 0.6 is 11.6 Å². The van der Waals surface area contributed by atoms with Gasteiger partial charge in [-0.2, -0.15) is 0 Å². The monoisotopic (exact) mass is 256 g/mol. The second-order valence-corrected chi connectivity index (χ2v) is 4.26. The maximum Gasteiger partial charge on any atom is 0.0642 e. The van der Waals surface area contributed by atoms with Gasteiger partial charge in [-0.1, -0.05) is 23.7 Å². The Labute approximate surface area is 109 Å². The van der Waals surface area contributed by atoms with Crippen LogP contribution in [0.5, 0.6) is 0 Å². The number of hydrogen-bond donors (Lipinski definition) is 1. The van der Waals surface area contributed by atoms with Crippen LogP contribution in [0.4, 0.5) is 5.69 Å². The highest BCUT2D eigenvalue weighted by molar-refractivity contribution is 6.33. The molecular formula is C13H21ClN2O. The number of para-hydroxylation sites is 1. The average molecular weight is 257 g/mol. The van der Waals surface area contributed by atoms with Crippen molar-refractivity contribution in [1.82, 2.24) is 5.32 Å². The number of rotatable bonds is 7. The lowest BCUT2D eigenvalue weighted by Gasteiger charge is -2.26. The number of benzene rings is 1. The molecule has 0 aliphatic carbocycles. The van der Waals surface area contributed by atoms with Crippen LogP contribution in [0, 0.1) is 0 Å². The molecule has 0 unspecified atom stereocenters. The molecule has 4 heteroatoms. The van der Waals surface area contributed by atoms with Gasteiger partial charge in [-0.25, -0.2) is 0 Å². The third-order valence-electron chi connectivity index (χ3n) is 2.70. The minimum atomic E-state index is 0.706. The quantitative estimate of drug-likeness (QED) is 0.812. The molecule has 1 aromatic carbocycles. The van der Waals surface area contributed by atoms with Crippen LogP contribution in [0.25, 0.3) is 0 Å². The predicted molar refractivity (Wildman–Crippen MR) is 74.0 cm³/mol. The average Bonchev–Trinajstić information content (AvgIpc) is 2.33. The number of methoxy groups -OCH3 is 1. The summed E-state index contributed by atoms with van der Waals surface area (Å²) in [6.07, 6.45) is 0. The molecule has 1 rings (SSSR count). The van der Waals surface area contributed by atoms with Crippen molar-refractivity contribution in [3.05, 3.63) is 28.8 Å². The van der Waals surface area contributed by atoms with Crippen LogP contribution in [0.2, 0.25) is 5.02 Å². The molecular weight excluding hydrogens is 236 g/mol. The second-order valence-electron chi connectivity index (χ2n) is 3.85. The summed E-state index contributed by atoms with van der Waals surface area (Å²) in [6.45, 7) is 5.43. The maximum atomic E-state index is 6.31. The molecule has 1 aromatic rings. The molecule has 0 amide bonds. The summed E-state index contributed by atoms with van der Waals surface area (Å²) in [6, 6.07) is 6.03. The lowest BCUT2D eigenvalue weighted by molar-refractivity contribution is 0.205. The van der Waals surface area contributed by atoms with Gasteiger partial charge in [0.15, 0.2) is 0 Å². The highest BCUT2D eigenvalue weighted by Crippen LogP contribution is 2.29. The van der Waals surface area contributed by atoms with Crippen molar-refractivity contribution in [3.63, 3.8) is 0 Å². The topological polar surface area (TPSA) is 24.5 Å². The first-order valence-electron chi connectivity index (χ1n) is 5.90. The van der Waals surface area contributed by atoms with Gasteiger partial charge in [-0.15, -0.1) is 0 Å². The Kier molecular flexibility index (Phi) is 6.34. The Bertz CT molecular complexity index is 344. The summed E-state index contributed by atoms with van der Waals surface area (Å²) in [5.74, 6) is 0. The van der Waals surface area contributed by atoms with Crippen molar-refractivity contribution in [2.75, 3.05) is 38.8 Å². The van der Waals surface area contributed by atoms with Gasteiger partial charge in [-0.05, 0) is 25.6 Å². The highest BCUT2D eigenvalue weighted by Gasteiger charge is 2.12. The van der Waals surface area contributed by atoms with E-state index in [4.69, 9.17) is 16.3 Å². The van der Waals surface area contributed by atoms with Crippen LogP contribution in [0.15, 0.2) is 18.2 Å². The second kappa shape index (κ2) is 7.54. The molecule has 0 aliphatic rings. The van der Waals surface area contributed by atoms with Gasteiger partial charge >= 0.3 is 0 Å². The van der Waals surface area contributed by atoms with Crippen molar-refractivity contribution in [3.8, 4) is 0 Å². The predicted octanol–water partition coefficient (Wildman–Crippen LogP) is 2.53. The van der Waals surface area contributed by atoms with Crippen LogP contribution in [0.1, 0.15) is 12.5 Å². The Morgan fingerprint density at radius 1 is 1.41 bits per heavy atom. The fourth-order valence-corrected chi connectivity index (χ4v) is 2.19. The molecule has 0 radical (unpaired) electrons. The minimum Gasteiger partial charge on any atom is -0.383 e. The van der Waals surface area contributed by atoms with Gasteiger partial charge < -0.3 is 15.0 Å². The number of halogens is 1. The molecule has 96 valence electrons. The molecule has 0 spiro atoms. The summed E-state index contributed by atoms with van der Waals surface area (Å²) in [5, 5.41) is 3.97. The third kappa shape index (κ3) is 3.87. The van der Waals surface area contributed by atoms with Crippen molar-refractivity contribution in [2.24, 2.45) is 0 Å². The molecule has 0 aliphatic heterocycles. The molecule has 1 N–H and O–H groups in total. The summed E-state index contributed by atoms with van der Waals surface area (Å²) in [5.41, 5.74) is 2.33. The van der Waals surface area contributed by atoms with Crippen LogP contribution < -0.4 is 10.2 Å². The van der Waals surface area contributed by atoms with E-state index in [9.17, 15) is 0 Å². The largest absolute Gasteiger partial charge is 0.383 e. The highest BCUT2D eigenvalue weighted by atomic mass is 35.5. The van der Waals surface area contributed by atoms with Gasteiger partial charge in [0, 0.05) is 26.7 Å². The molecule has 3 nitrogen and oxygen atoms in total. The van der Waals surface area contributed by atoms with E-state index in [1.165, 1.54) is 5.56 Å². The van der Waals surface area contributed by atoms with Crippen LogP contribution in [-0.4, -0.2) is 33.9 Å². The fourth-order valence-electron chi connectivity index (χ4n) is 1.88. The first kappa shape index (κ1) is 14.3. The van der Waals surface area contributed by atoms with E-state index in [1.807, 2.05) is 19.2 Å². The van der Waals surface area contributed by atoms with Gasteiger partial charge in [0.05, 0.1) is 17.3 Å². The van der Waals surface area contributed by atoms with E-state index in [1.54, 1.807) is 7.11 Å². The lowest BCUT2D eigenvalue weighted by Crippen LogP contribution is -2.28. The van der Waals surface area contributed by atoms with Crippen molar-refractivity contribution < 1.29 is 4.74 Å². The molecule has 0 aromatic heterocycles. The van der Waals surface area contributed by atoms with Gasteiger partial charge in [-0.3, -0.25) is 0 Å². The van der Waals surface area contributed by atoms with E-state index >= 15 is 0 Å². The summed E-state index contributed by atoms with van der Waals surface area (Å²) in [4.78, 5) is 2.25. The number of nitrogens with zero attached hydrogens (tertiary/aromatic N) is 1. The SMILES string of the molecule is CCN(CCOC)c1c(Cl)cccc1CNC. The molecule has 0 fully saturated rings. The van der Waals surface area contributed by atoms with Crippen LogP contribution in [0.3, 0.4) is 0 Å². The Hall–Kier alpha value is -0.770. The first-order chi connectivity index (χ1) is 8.24. The van der Waals surface area contributed by atoms with Gasteiger partial charge in [0.2, 0.25) is 0 Å². The summed E-state index contributed by atoms with van der Waals surface area (Å²) in [7, 11) is 3.66. The molecule has 0 atom stereocenters. The van der Waals surface area contributed by atoms with E-state index in [0.29, 0.717) is 6.61 Å². The third-order valence-corrected chi connectivity index (χ3v) is 3.01. The molecule has 0 saturated carbocycles. The molecule has 0 heterocycles. The number of anilines is 1. The summed E-state index contributed by atoms with van der Waals surface area (Å²) < 4.78 is 5.13. The summed E-state index contributed by atoms with van der Waals surface area (Å²) >= 11 is 6.31. The number of nitrogens with one attached hydrogen (secondary N) is 1. The van der Waals surface area contributed by atoms with Gasteiger partial charge in [0.25, 0.3) is 0 Å². The Morgan fingerprint density at radius 2 is 2.18 bits per heavy atom. The molecule has 0 bridgehead atoms. The first-order valence-corrected chi connectivity index (χ1v) is 6.28. The standard InChI is InChI=1S/C13H21ClN2O/c1-4-16(8-9-17-3)13-11(10-15-2)6-5-7-12(13)14/h5-7,15H,4,8-10H2,1-3H3. The minimum absolute atomic E-state index is 0.706. The van der Waals surface area contributed by atoms with Crippen molar-refractivity contribution >= 4 is 17.3 Å². The zero-order valence-corrected chi connectivity index (χ0v) is 11.5. The smallest absolute Gasteiger partial charge is 0.0642 e. The van der Waals surface area contributed by atoms with E-state index in [0.717, 1.165) is 30.3 Å². The van der Waals surface area contributed by atoms with E-state index in [2.05, 4.69) is 23.2 Å². The molecule has 17 heavy (non-hydrogen) atoms. The number of ether oxygens (including phenoxy) is 1. The molecule has 0 saturated heterocycles. The Morgan fingerprint density at radius 3 is 2.76 bits per heavy atom. The van der Waals surface area contributed by atoms with E-state index in [-0.39, 0.29) is 0 Å². The number of likely N-dealkylation sites (N-methyl/N-ethyl adjacent to an activating group) is 1. The van der Waals surface area contributed by atoms with Gasteiger partial charge in [0.1, 0.15) is 0 Å². The number of hydrogen-bond acceptors (Lipinski definition) is 3.